The van der Waals surface area contributed by atoms with E-state index < -0.39 is 0 Å². The minimum absolute atomic E-state index is 0.341. The van der Waals surface area contributed by atoms with Crippen molar-refractivity contribution >= 4 is 11.6 Å². The van der Waals surface area contributed by atoms with E-state index in [4.69, 9.17) is 11.6 Å². The molecular formula is C13H14ClFN4. The molecular weight excluding hydrogens is 267 g/mol. The second-order valence-electron chi connectivity index (χ2n) is 4.80. The lowest BCUT2D eigenvalue weighted by molar-refractivity contribution is 0.607. The molecule has 0 bridgehead atoms. The maximum atomic E-state index is 13.3. The topological polar surface area (TPSA) is 42.7 Å². The molecule has 0 radical (unpaired) electrons. The lowest BCUT2D eigenvalue weighted by atomic mass is 10.2. The minimum Gasteiger partial charge on any atom is -0.310 e. The second-order valence-corrected chi connectivity index (χ2v) is 5.21. The van der Waals surface area contributed by atoms with Crippen LogP contribution in [0.4, 0.5) is 4.39 Å². The van der Waals surface area contributed by atoms with Gasteiger partial charge in [0.05, 0.1) is 23.1 Å². The molecule has 6 heteroatoms. The zero-order valence-electron chi connectivity index (χ0n) is 10.5. The number of rotatable bonds is 4. The van der Waals surface area contributed by atoms with Crippen molar-refractivity contribution < 1.29 is 4.39 Å². The molecule has 2 heterocycles. The van der Waals surface area contributed by atoms with Crippen molar-refractivity contribution in [2.75, 3.05) is 0 Å². The SMILES string of the molecule is Cc1nn(-c2ncc(F)cc2CNC2CC2)cc1Cl. The van der Waals surface area contributed by atoms with Gasteiger partial charge in [-0.25, -0.2) is 14.1 Å². The van der Waals surface area contributed by atoms with Gasteiger partial charge in [-0.15, -0.1) is 0 Å². The third-order valence-corrected chi connectivity index (χ3v) is 3.50. The smallest absolute Gasteiger partial charge is 0.158 e. The summed E-state index contributed by atoms with van der Waals surface area (Å²) in [5, 5.41) is 8.21. The molecule has 3 rings (SSSR count). The van der Waals surface area contributed by atoms with Crippen LogP contribution in [0.2, 0.25) is 5.02 Å². The van der Waals surface area contributed by atoms with Crippen LogP contribution in [0.3, 0.4) is 0 Å². The molecule has 1 N–H and O–H groups in total. The van der Waals surface area contributed by atoms with Gasteiger partial charge in [-0.3, -0.25) is 0 Å². The predicted molar refractivity (Wildman–Crippen MR) is 70.9 cm³/mol. The summed E-state index contributed by atoms with van der Waals surface area (Å²) in [6.07, 6.45) is 5.26. The van der Waals surface area contributed by atoms with E-state index in [0.717, 1.165) is 11.3 Å². The highest BCUT2D eigenvalue weighted by Gasteiger charge is 2.21. The summed E-state index contributed by atoms with van der Waals surface area (Å²) < 4.78 is 14.9. The van der Waals surface area contributed by atoms with Crippen molar-refractivity contribution in [2.24, 2.45) is 0 Å². The zero-order chi connectivity index (χ0) is 13.4. The summed E-state index contributed by atoms with van der Waals surface area (Å²) in [6.45, 7) is 2.41. The highest BCUT2D eigenvalue weighted by atomic mass is 35.5. The fourth-order valence-electron chi connectivity index (χ4n) is 1.90. The molecule has 0 unspecified atom stereocenters. The van der Waals surface area contributed by atoms with Crippen LogP contribution in [0, 0.1) is 12.7 Å². The summed E-state index contributed by atoms with van der Waals surface area (Å²) in [5.41, 5.74) is 1.51. The Kier molecular flexibility index (Phi) is 3.24. The first-order chi connectivity index (χ1) is 9.13. The van der Waals surface area contributed by atoms with Crippen LogP contribution >= 0.6 is 11.6 Å². The van der Waals surface area contributed by atoms with Crippen LogP contribution in [-0.4, -0.2) is 20.8 Å². The number of nitrogens with one attached hydrogen (secondary N) is 1. The first-order valence-corrected chi connectivity index (χ1v) is 6.61. The van der Waals surface area contributed by atoms with E-state index in [-0.39, 0.29) is 5.82 Å². The third kappa shape index (κ3) is 2.77. The van der Waals surface area contributed by atoms with Crippen LogP contribution < -0.4 is 5.32 Å². The standard InChI is InChI=1S/C13H14ClFN4/c1-8-12(14)7-19(18-8)13-9(4-10(15)6-17-13)5-16-11-2-3-11/h4,6-7,11,16H,2-3,5H2,1H3. The Morgan fingerprint density at radius 2 is 2.32 bits per heavy atom. The largest absolute Gasteiger partial charge is 0.310 e. The molecule has 4 nitrogen and oxygen atoms in total. The molecule has 0 aliphatic heterocycles. The molecule has 0 amide bonds. The Morgan fingerprint density at radius 3 is 2.95 bits per heavy atom. The number of nitrogens with zero attached hydrogens (tertiary/aromatic N) is 3. The molecule has 1 aliphatic carbocycles. The van der Waals surface area contributed by atoms with Crippen molar-refractivity contribution in [3.63, 3.8) is 0 Å². The van der Waals surface area contributed by atoms with Gasteiger partial charge < -0.3 is 5.32 Å². The predicted octanol–water partition coefficient (Wildman–Crippen LogP) is 2.62. The Hall–Kier alpha value is -1.46. The van der Waals surface area contributed by atoms with Crippen LogP contribution in [0.1, 0.15) is 24.1 Å². The fourth-order valence-corrected chi connectivity index (χ4v) is 2.03. The molecule has 19 heavy (non-hydrogen) atoms. The van der Waals surface area contributed by atoms with Gasteiger partial charge in [0.25, 0.3) is 0 Å². The molecule has 2 aromatic heterocycles. The molecule has 0 atom stereocenters. The number of hydrogen-bond donors (Lipinski definition) is 1. The Morgan fingerprint density at radius 1 is 1.53 bits per heavy atom. The second kappa shape index (κ2) is 4.90. The van der Waals surface area contributed by atoms with Gasteiger partial charge in [0.2, 0.25) is 0 Å². The molecule has 1 fully saturated rings. The highest BCUT2D eigenvalue weighted by molar-refractivity contribution is 6.31. The molecule has 100 valence electrons. The van der Waals surface area contributed by atoms with E-state index in [2.05, 4.69) is 15.4 Å². The zero-order valence-corrected chi connectivity index (χ0v) is 11.3. The monoisotopic (exact) mass is 280 g/mol. The normalized spacial score (nSPS) is 14.9. The fraction of sp³-hybridized carbons (Fsp3) is 0.385. The van der Waals surface area contributed by atoms with Gasteiger partial charge in [-0.2, -0.15) is 5.10 Å². The van der Waals surface area contributed by atoms with Crippen LogP contribution in [-0.2, 0) is 6.54 Å². The van der Waals surface area contributed by atoms with Gasteiger partial charge in [-0.1, -0.05) is 11.6 Å². The molecule has 0 spiro atoms. The number of halogens is 2. The first kappa shape index (κ1) is 12.6. The molecule has 1 saturated carbocycles. The summed E-state index contributed by atoms with van der Waals surface area (Å²) in [6, 6.07) is 2.04. The van der Waals surface area contributed by atoms with Gasteiger partial charge in [-0.05, 0) is 25.8 Å². The molecule has 0 saturated heterocycles. The van der Waals surface area contributed by atoms with E-state index >= 15 is 0 Å². The van der Waals surface area contributed by atoms with E-state index in [9.17, 15) is 4.39 Å². The molecule has 2 aromatic rings. The van der Waals surface area contributed by atoms with Gasteiger partial charge in [0, 0.05) is 18.2 Å². The van der Waals surface area contributed by atoms with Crippen molar-refractivity contribution in [3.05, 3.63) is 40.6 Å². The quantitative estimate of drug-likeness (QED) is 0.936. The van der Waals surface area contributed by atoms with Gasteiger partial charge >= 0.3 is 0 Å². The van der Waals surface area contributed by atoms with Crippen LogP contribution in [0.25, 0.3) is 5.82 Å². The van der Waals surface area contributed by atoms with Gasteiger partial charge in [0.1, 0.15) is 5.82 Å². The number of aromatic nitrogens is 3. The van der Waals surface area contributed by atoms with E-state index in [0.29, 0.717) is 23.4 Å². The number of pyridine rings is 1. The Bertz CT molecular complexity index is 587. The summed E-state index contributed by atoms with van der Waals surface area (Å²) in [4.78, 5) is 4.13. The summed E-state index contributed by atoms with van der Waals surface area (Å²) in [7, 11) is 0. The maximum Gasteiger partial charge on any atom is 0.158 e. The van der Waals surface area contributed by atoms with Crippen molar-refractivity contribution in [1.82, 2.24) is 20.1 Å². The number of hydrogen-bond acceptors (Lipinski definition) is 3. The minimum atomic E-state index is -0.341. The average Bonchev–Trinajstić information content (AvgIpc) is 3.14. The highest BCUT2D eigenvalue weighted by Crippen LogP contribution is 2.22. The van der Waals surface area contributed by atoms with Crippen LogP contribution in [0.5, 0.6) is 0 Å². The molecule has 1 aliphatic rings. The van der Waals surface area contributed by atoms with Crippen molar-refractivity contribution in [1.29, 1.82) is 0 Å². The molecule has 0 aromatic carbocycles. The van der Waals surface area contributed by atoms with E-state index in [1.54, 1.807) is 10.9 Å². The van der Waals surface area contributed by atoms with E-state index in [1.807, 2.05) is 6.92 Å². The summed E-state index contributed by atoms with van der Waals surface area (Å²) >= 11 is 6.00. The Labute approximate surface area is 115 Å². The maximum absolute atomic E-state index is 13.3. The number of aryl methyl sites for hydroxylation is 1. The lowest BCUT2D eigenvalue weighted by Crippen LogP contribution is -2.18. The lowest BCUT2D eigenvalue weighted by Gasteiger charge is -2.09. The van der Waals surface area contributed by atoms with Gasteiger partial charge in [0.15, 0.2) is 5.82 Å². The van der Waals surface area contributed by atoms with E-state index in [1.165, 1.54) is 25.1 Å². The van der Waals surface area contributed by atoms with Crippen LogP contribution in [0.15, 0.2) is 18.5 Å². The summed E-state index contributed by atoms with van der Waals surface area (Å²) in [5.74, 6) is 0.274. The first-order valence-electron chi connectivity index (χ1n) is 6.23. The van der Waals surface area contributed by atoms with Crippen molar-refractivity contribution in [2.45, 2.75) is 32.4 Å². The average molecular weight is 281 g/mol. The Balaban J connectivity index is 1.93. The third-order valence-electron chi connectivity index (χ3n) is 3.12. The van der Waals surface area contributed by atoms with Crippen molar-refractivity contribution in [3.8, 4) is 5.82 Å².